The van der Waals surface area contributed by atoms with Crippen LogP contribution in [-0.2, 0) is 17.8 Å². The summed E-state index contributed by atoms with van der Waals surface area (Å²) in [7, 11) is 2.01. The summed E-state index contributed by atoms with van der Waals surface area (Å²) in [6.45, 7) is 1.39. The Morgan fingerprint density at radius 2 is 1.85 bits per heavy atom. The van der Waals surface area contributed by atoms with Crippen molar-refractivity contribution in [2.45, 2.75) is 57.2 Å². The van der Waals surface area contributed by atoms with Crippen LogP contribution >= 0.6 is 11.6 Å². The molecular weight excluding hydrogens is 381 g/mol. The molecule has 0 atom stereocenters. The molecule has 146 valence electrons. The average molecular weight is 401 g/mol. The second kappa shape index (κ2) is 7.07. The maximum absolute atomic E-state index is 12.5. The molecule has 0 bridgehead atoms. The predicted octanol–water partition coefficient (Wildman–Crippen LogP) is 4.43. The van der Waals surface area contributed by atoms with Crippen LogP contribution in [-0.4, -0.2) is 39.2 Å². The fourth-order valence-corrected chi connectivity index (χ4v) is 4.27. The van der Waals surface area contributed by atoms with Crippen LogP contribution in [0.5, 0.6) is 0 Å². The summed E-state index contributed by atoms with van der Waals surface area (Å²) >= 11 is 6.17. The Bertz CT molecular complexity index is 830. The molecule has 1 fully saturated rings. The largest absolute Gasteiger partial charge is 0.522 e. The summed E-state index contributed by atoms with van der Waals surface area (Å²) in [4.78, 5) is 2.14. The van der Waals surface area contributed by atoms with Gasteiger partial charge < -0.3 is 0 Å². The zero-order valence-electron chi connectivity index (χ0n) is 14.8. The quantitative estimate of drug-likeness (QED) is 0.748. The van der Waals surface area contributed by atoms with Crippen LogP contribution in [0.2, 0.25) is 5.02 Å². The zero-order chi connectivity index (χ0) is 19.2. The maximum Gasteiger partial charge on any atom is 0.522 e. The predicted molar refractivity (Wildman–Crippen MR) is 93.7 cm³/mol. The molecule has 1 aliphatic carbocycles. The van der Waals surface area contributed by atoms with Gasteiger partial charge >= 0.3 is 6.36 Å². The van der Waals surface area contributed by atoms with Crippen LogP contribution in [0.25, 0.3) is 5.69 Å². The van der Waals surface area contributed by atoms with Gasteiger partial charge in [-0.15, -0.1) is 23.4 Å². The summed E-state index contributed by atoms with van der Waals surface area (Å²) < 4.78 is 43.6. The van der Waals surface area contributed by atoms with Gasteiger partial charge in [-0.2, -0.15) is 0 Å². The number of hydrogen-bond donors (Lipinski definition) is 0. The molecule has 4 rings (SSSR count). The van der Waals surface area contributed by atoms with Crippen molar-refractivity contribution in [1.29, 1.82) is 0 Å². The van der Waals surface area contributed by atoms with Crippen molar-refractivity contribution in [3.63, 3.8) is 0 Å². The number of aromatic nitrogens is 3. The molecule has 1 saturated carbocycles. The van der Waals surface area contributed by atoms with Gasteiger partial charge in [0.2, 0.25) is 0 Å². The number of benzene rings is 1. The van der Waals surface area contributed by atoms with Crippen molar-refractivity contribution >= 4 is 11.6 Å². The van der Waals surface area contributed by atoms with Crippen LogP contribution in [0.3, 0.4) is 0 Å². The molecule has 0 radical (unpaired) electrons. The smallest absolute Gasteiger partial charge is 0.295 e. The molecule has 27 heavy (non-hydrogen) atoms. The van der Waals surface area contributed by atoms with Gasteiger partial charge in [-0.05, 0) is 56.5 Å². The van der Waals surface area contributed by atoms with E-state index < -0.39 is 12.5 Å². The lowest BCUT2D eigenvalue weighted by atomic mass is 9.86. The first-order chi connectivity index (χ1) is 12.8. The van der Waals surface area contributed by atoms with Crippen molar-refractivity contribution in [2.75, 3.05) is 7.05 Å². The average Bonchev–Trinajstić information content (AvgIpc) is 2.91. The van der Waals surface area contributed by atoms with Gasteiger partial charge in [0, 0.05) is 17.5 Å². The molecule has 5 nitrogen and oxygen atoms in total. The van der Waals surface area contributed by atoms with Gasteiger partial charge in [-0.3, -0.25) is 14.2 Å². The third kappa shape index (κ3) is 3.97. The number of ether oxygens (including phenoxy) is 1. The summed E-state index contributed by atoms with van der Waals surface area (Å²) in [5.41, 5.74) is 2.08. The zero-order valence-corrected chi connectivity index (χ0v) is 15.6. The minimum atomic E-state index is -4.58. The Labute approximate surface area is 160 Å². The molecule has 9 heteroatoms. The number of alkyl halides is 3. The molecule has 0 saturated heterocycles. The lowest BCUT2D eigenvalue weighted by molar-refractivity contribution is -0.345. The number of halogens is 4. The Morgan fingerprint density at radius 3 is 2.56 bits per heavy atom. The first-order valence-corrected chi connectivity index (χ1v) is 9.34. The highest BCUT2D eigenvalue weighted by atomic mass is 35.5. The molecular formula is C18H20ClF3N4O. The van der Waals surface area contributed by atoms with E-state index >= 15 is 0 Å². The molecule has 2 aromatic rings. The molecule has 1 aliphatic heterocycles. The number of hydrogen-bond acceptors (Lipinski definition) is 4. The minimum absolute atomic E-state index is 0.0614. The van der Waals surface area contributed by atoms with E-state index in [1.165, 1.54) is 0 Å². The summed E-state index contributed by atoms with van der Waals surface area (Å²) in [5.74, 6) is 1.71. The fraction of sp³-hybridized carbons (Fsp3) is 0.556. The maximum atomic E-state index is 12.5. The SMILES string of the molecule is CN1Cc2cc(Cl)ccc2-n2c(nnc2C2CCC(OC(F)(F)F)CC2)C1. The Hall–Kier alpha value is -1.64. The van der Waals surface area contributed by atoms with Gasteiger partial charge in [-0.25, -0.2) is 0 Å². The van der Waals surface area contributed by atoms with Crippen LogP contribution in [0, 0.1) is 0 Å². The summed E-state index contributed by atoms with van der Waals surface area (Å²) in [6, 6.07) is 5.75. The monoisotopic (exact) mass is 400 g/mol. The molecule has 0 unspecified atom stereocenters. The molecule has 1 aromatic heterocycles. The van der Waals surface area contributed by atoms with Gasteiger partial charge in [0.25, 0.3) is 0 Å². The Kier molecular flexibility index (Phi) is 4.90. The lowest BCUT2D eigenvalue weighted by Crippen LogP contribution is -2.28. The van der Waals surface area contributed by atoms with Crippen LogP contribution in [0.4, 0.5) is 13.2 Å². The van der Waals surface area contributed by atoms with E-state index in [9.17, 15) is 13.2 Å². The highest BCUT2D eigenvalue weighted by molar-refractivity contribution is 6.30. The van der Waals surface area contributed by atoms with Crippen molar-refractivity contribution < 1.29 is 17.9 Å². The first-order valence-electron chi connectivity index (χ1n) is 8.96. The molecule has 0 spiro atoms. The number of rotatable bonds is 2. The second-order valence-corrected chi connectivity index (χ2v) is 7.73. The third-order valence-electron chi connectivity index (χ3n) is 5.23. The van der Waals surface area contributed by atoms with E-state index in [4.69, 9.17) is 11.6 Å². The highest BCUT2D eigenvalue weighted by Crippen LogP contribution is 2.38. The molecule has 2 heterocycles. The van der Waals surface area contributed by atoms with Crippen molar-refractivity contribution in [3.05, 3.63) is 40.4 Å². The topological polar surface area (TPSA) is 43.2 Å². The summed E-state index contributed by atoms with van der Waals surface area (Å²) in [5, 5.41) is 9.45. The van der Waals surface area contributed by atoms with Crippen LogP contribution < -0.4 is 0 Å². The van der Waals surface area contributed by atoms with Crippen LogP contribution in [0.1, 0.15) is 48.8 Å². The van der Waals surface area contributed by atoms with E-state index in [-0.39, 0.29) is 5.92 Å². The van der Waals surface area contributed by atoms with Gasteiger partial charge in [0.05, 0.1) is 18.3 Å². The van der Waals surface area contributed by atoms with Crippen molar-refractivity contribution in [2.24, 2.45) is 0 Å². The standard InChI is InChI=1S/C18H20ClF3N4O/c1-25-9-12-8-13(19)4-7-15(12)26-16(10-25)23-24-17(26)11-2-5-14(6-3-11)27-18(20,21)22/h4,7-8,11,14H,2-3,5-6,9-10H2,1H3. The first kappa shape index (κ1) is 18.7. The number of nitrogens with zero attached hydrogens (tertiary/aromatic N) is 4. The van der Waals surface area contributed by atoms with Crippen LogP contribution in [0.15, 0.2) is 18.2 Å². The minimum Gasteiger partial charge on any atom is -0.295 e. The molecule has 0 N–H and O–H groups in total. The molecule has 0 amide bonds. The fourth-order valence-electron chi connectivity index (χ4n) is 4.07. The van der Waals surface area contributed by atoms with Crippen molar-refractivity contribution in [1.82, 2.24) is 19.7 Å². The van der Waals surface area contributed by atoms with E-state index in [2.05, 4.69) is 24.4 Å². The van der Waals surface area contributed by atoms with E-state index in [0.717, 1.165) is 29.4 Å². The van der Waals surface area contributed by atoms with Gasteiger partial charge in [0.15, 0.2) is 5.82 Å². The lowest BCUT2D eigenvalue weighted by Gasteiger charge is -2.28. The van der Waals surface area contributed by atoms with E-state index in [0.29, 0.717) is 37.3 Å². The second-order valence-electron chi connectivity index (χ2n) is 7.29. The van der Waals surface area contributed by atoms with Gasteiger partial charge in [-0.1, -0.05) is 11.6 Å². The molecule has 1 aromatic carbocycles. The van der Waals surface area contributed by atoms with Gasteiger partial charge in [0.1, 0.15) is 5.82 Å². The van der Waals surface area contributed by atoms with Crippen molar-refractivity contribution in [3.8, 4) is 5.69 Å². The number of fused-ring (bicyclic) bond motifs is 3. The normalized spacial score (nSPS) is 23.6. The Morgan fingerprint density at radius 1 is 1.11 bits per heavy atom. The molecule has 2 aliphatic rings. The van der Waals surface area contributed by atoms with E-state index in [1.807, 2.05) is 25.2 Å². The highest BCUT2D eigenvalue weighted by Gasteiger charge is 2.37. The Balaban J connectivity index is 1.62. The summed E-state index contributed by atoms with van der Waals surface area (Å²) in [6.07, 6.45) is -3.44. The third-order valence-corrected chi connectivity index (χ3v) is 5.46. The van der Waals surface area contributed by atoms with E-state index in [1.54, 1.807) is 0 Å².